The Kier molecular flexibility index (Phi) is 7.23. The lowest BCUT2D eigenvalue weighted by Gasteiger charge is -2.30. The number of carbonyl (C=O) groups excluding carboxylic acids is 1. The van der Waals surface area contributed by atoms with Gasteiger partial charge in [0, 0.05) is 37.1 Å². The van der Waals surface area contributed by atoms with Gasteiger partial charge in [0.1, 0.15) is 11.4 Å². The van der Waals surface area contributed by atoms with E-state index in [-0.39, 0.29) is 18.0 Å². The third-order valence-electron chi connectivity index (χ3n) is 6.18. The van der Waals surface area contributed by atoms with E-state index < -0.39 is 27.5 Å². The fourth-order valence-corrected chi connectivity index (χ4v) is 5.44. The summed E-state index contributed by atoms with van der Waals surface area (Å²) < 4.78 is 67.6. The third kappa shape index (κ3) is 6.01. The van der Waals surface area contributed by atoms with Gasteiger partial charge in [0.15, 0.2) is 0 Å². The molecular formula is C25H24F3N7O3S. The van der Waals surface area contributed by atoms with Crippen LogP contribution in [0.15, 0.2) is 66.0 Å². The Morgan fingerprint density at radius 3 is 2.59 bits per heavy atom. The van der Waals surface area contributed by atoms with Gasteiger partial charge >= 0.3 is 6.18 Å². The lowest BCUT2D eigenvalue weighted by Crippen LogP contribution is -2.36. The summed E-state index contributed by atoms with van der Waals surface area (Å²) in [5.41, 5.74) is 0.103. The van der Waals surface area contributed by atoms with Crippen molar-refractivity contribution >= 4 is 37.9 Å². The van der Waals surface area contributed by atoms with Gasteiger partial charge in [-0.2, -0.15) is 18.3 Å². The highest BCUT2D eigenvalue weighted by molar-refractivity contribution is 7.92. The van der Waals surface area contributed by atoms with E-state index in [1.807, 2.05) is 4.90 Å². The molecule has 204 valence electrons. The Balaban J connectivity index is 1.44. The van der Waals surface area contributed by atoms with E-state index >= 15 is 0 Å². The monoisotopic (exact) mass is 559 g/mol. The van der Waals surface area contributed by atoms with E-state index in [4.69, 9.17) is 9.52 Å². The van der Waals surface area contributed by atoms with Gasteiger partial charge in [-0.05, 0) is 36.4 Å². The molecule has 1 aliphatic heterocycles. The summed E-state index contributed by atoms with van der Waals surface area (Å²) in [4.78, 5) is 22.7. The molecule has 0 saturated carbocycles. The number of carbonyl (C=O) groups is 1. The van der Waals surface area contributed by atoms with Crippen LogP contribution in [0.4, 0.5) is 24.5 Å². The number of pyridine rings is 2. The number of nitrogens with one attached hydrogen (secondary N) is 2. The predicted octanol–water partition coefficient (Wildman–Crippen LogP) is 4.04. The molecule has 10 nitrogen and oxygen atoms in total. The summed E-state index contributed by atoms with van der Waals surface area (Å²) >= 11 is 0. The number of morpholine rings is 1. The summed E-state index contributed by atoms with van der Waals surface area (Å²) in [5, 5.41) is 7.93. The number of aromatic nitrogens is 4. The van der Waals surface area contributed by atoms with Crippen molar-refractivity contribution in [3.63, 3.8) is 0 Å². The lowest BCUT2D eigenvalue weighted by atomic mass is 10.1. The molecule has 0 spiro atoms. The first-order chi connectivity index (χ1) is 18.6. The van der Waals surface area contributed by atoms with E-state index in [0.29, 0.717) is 53.5 Å². The van der Waals surface area contributed by atoms with Gasteiger partial charge in [0.25, 0.3) is 5.91 Å². The number of hydrogen-bond acceptors (Lipinski definition) is 8. The number of hydrogen-bond donors (Lipinski definition) is 2. The Bertz CT molecular complexity index is 1600. The quantitative estimate of drug-likeness (QED) is 0.350. The van der Waals surface area contributed by atoms with Crippen molar-refractivity contribution in [2.24, 2.45) is 0 Å². The predicted molar refractivity (Wildman–Crippen MR) is 138 cm³/mol. The van der Waals surface area contributed by atoms with Gasteiger partial charge in [-0.25, -0.2) is 14.0 Å². The first-order valence-electron chi connectivity index (χ1n) is 12.0. The van der Waals surface area contributed by atoms with E-state index in [2.05, 4.69) is 20.4 Å². The zero-order chi connectivity index (χ0) is 27.6. The average Bonchev–Trinajstić information content (AvgIpc) is 3.34. The third-order valence-corrected chi connectivity index (χ3v) is 7.97. The van der Waals surface area contributed by atoms with Crippen LogP contribution >= 0.6 is 0 Å². The maximum atomic E-state index is 13.1. The summed E-state index contributed by atoms with van der Waals surface area (Å²) in [5.74, 6) is -0.750. The fraction of sp³-hybridized carbons (Fsp3) is 0.280. The van der Waals surface area contributed by atoms with Crippen molar-refractivity contribution in [1.82, 2.24) is 19.7 Å². The van der Waals surface area contributed by atoms with Crippen LogP contribution in [0.1, 0.15) is 16.2 Å². The molecule has 3 aromatic heterocycles. The van der Waals surface area contributed by atoms with Crippen molar-refractivity contribution in [1.29, 1.82) is 4.78 Å². The molecule has 4 heterocycles. The minimum Gasteiger partial charge on any atom is -0.378 e. The van der Waals surface area contributed by atoms with Gasteiger partial charge in [0.2, 0.25) is 0 Å². The highest BCUT2D eigenvalue weighted by Crippen LogP contribution is 2.33. The van der Waals surface area contributed by atoms with E-state index in [1.165, 1.54) is 18.5 Å². The standard InChI is InChI=1S/C25H24F3N7O3S/c26-25(27,28)23-3-1-2-19(31-23)24(36)32-21-14-17-16-35(10-13-39(29,37)18-4-6-30-7-5-18)33-20(17)15-22(21)34-8-11-38-12-9-34/h1-7,14-16,29H,8-13H2,(H,32,36). The molecule has 1 saturated heterocycles. The number of ether oxygens (including phenoxy) is 1. The molecule has 1 aromatic carbocycles. The van der Waals surface area contributed by atoms with Crippen LogP contribution in [0.2, 0.25) is 0 Å². The number of rotatable bonds is 7. The zero-order valence-corrected chi connectivity index (χ0v) is 21.3. The van der Waals surface area contributed by atoms with Crippen LogP contribution in [0.3, 0.4) is 0 Å². The van der Waals surface area contributed by atoms with Crippen molar-refractivity contribution in [2.45, 2.75) is 17.6 Å². The van der Waals surface area contributed by atoms with E-state index in [0.717, 1.165) is 12.1 Å². The summed E-state index contributed by atoms with van der Waals surface area (Å²) in [6.07, 6.45) is 0.00841. The molecule has 1 fully saturated rings. The van der Waals surface area contributed by atoms with Crippen molar-refractivity contribution < 1.29 is 26.9 Å². The molecule has 0 radical (unpaired) electrons. The lowest BCUT2D eigenvalue weighted by molar-refractivity contribution is -0.141. The second kappa shape index (κ2) is 10.6. The van der Waals surface area contributed by atoms with Crippen LogP contribution in [0.5, 0.6) is 0 Å². The molecule has 1 aliphatic rings. The maximum absolute atomic E-state index is 13.1. The number of anilines is 2. The zero-order valence-electron chi connectivity index (χ0n) is 20.5. The van der Waals surface area contributed by atoms with Gasteiger partial charge in [-0.15, -0.1) is 0 Å². The summed E-state index contributed by atoms with van der Waals surface area (Å²) in [6, 6.07) is 9.74. The highest BCUT2D eigenvalue weighted by Gasteiger charge is 2.33. The highest BCUT2D eigenvalue weighted by atomic mass is 32.2. The van der Waals surface area contributed by atoms with Crippen LogP contribution in [0.25, 0.3) is 10.9 Å². The van der Waals surface area contributed by atoms with Gasteiger partial charge in [-0.3, -0.25) is 14.5 Å². The van der Waals surface area contributed by atoms with Crippen molar-refractivity contribution in [3.8, 4) is 0 Å². The minimum atomic E-state index is -4.68. The molecule has 4 aromatic rings. The number of nitrogens with zero attached hydrogens (tertiary/aromatic N) is 5. The molecule has 1 amide bonds. The number of alkyl halides is 3. The normalized spacial score (nSPS) is 15.7. The number of halogens is 3. The smallest absolute Gasteiger partial charge is 0.378 e. The topological polar surface area (TPSA) is 126 Å². The molecule has 2 N–H and O–H groups in total. The van der Waals surface area contributed by atoms with Crippen LogP contribution < -0.4 is 10.2 Å². The first-order valence-corrected chi connectivity index (χ1v) is 13.7. The maximum Gasteiger partial charge on any atom is 0.433 e. The van der Waals surface area contributed by atoms with E-state index in [9.17, 15) is 22.2 Å². The Morgan fingerprint density at radius 2 is 1.87 bits per heavy atom. The number of benzene rings is 1. The number of amides is 1. The SMILES string of the molecule is N=S(=O)(CCn1cc2cc(NC(=O)c3cccc(C(F)(F)F)n3)c(N3CCOCC3)cc2n1)c1ccncc1. The van der Waals surface area contributed by atoms with E-state index in [1.54, 1.807) is 35.1 Å². The molecule has 1 atom stereocenters. The van der Waals surface area contributed by atoms with Crippen LogP contribution in [-0.2, 0) is 27.2 Å². The molecule has 0 bridgehead atoms. The molecule has 0 aliphatic carbocycles. The summed E-state index contributed by atoms with van der Waals surface area (Å²) in [7, 11) is -3.06. The van der Waals surface area contributed by atoms with Crippen molar-refractivity contribution in [3.05, 3.63) is 72.4 Å². The molecule has 39 heavy (non-hydrogen) atoms. The Morgan fingerprint density at radius 1 is 1.13 bits per heavy atom. The minimum absolute atomic E-state index is 0.0339. The Hall–Kier alpha value is -4.04. The second-order valence-corrected chi connectivity index (χ2v) is 11.1. The van der Waals surface area contributed by atoms with Crippen LogP contribution in [-0.4, -0.2) is 61.9 Å². The van der Waals surface area contributed by atoms with Crippen LogP contribution in [0, 0.1) is 4.78 Å². The molecular weight excluding hydrogens is 535 g/mol. The van der Waals surface area contributed by atoms with Gasteiger partial charge in [-0.1, -0.05) is 6.07 Å². The number of aryl methyl sites for hydroxylation is 1. The Labute approximate surface area is 221 Å². The fourth-order valence-electron chi connectivity index (χ4n) is 4.20. The van der Waals surface area contributed by atoms with Crippen molar-refractivity contribution in [2.75, 3.05) is 42.3 Å². The molecule has 1 unspecified atom stereocenters. The summed E-state index contributed by atoms with van der Waals surface area (Å²) in [6.45, 7) is 2.25. The van der Waals surface area contributed by atoms with Gasteiger partial charge in [0.05, 0.1) is 57.0 Å². The van der Waals surface area contributed by atoms with Gasteiger partial charge < -0.3 is 15.0 Å². The number of fused-ring (bicyclic) bond motifs is 1. The largest absolute Gasteiger partial charge is 0.433 e. The second-order valence-electron chi connectivity index (χ2n) is 8.84. The molecule has 14 heteroatoms. The first kappa shape index (κ1) is 26.6. The average molecular weight is 560 g/mol. The molecule has 5 rings (SSSR count).